The summed E-state index contributed by atoms with van der Waals surface area (Å²) >= 11 is 0. The van der Waals surface area contributed by atoms with E-state index in [1.807, 2.05) is 0 Å². The number of hydrogen-bond donors (Lipinski definition) is 0. The maximum absolute atomic E-state index is 12.3. The molecule has 0 aliphatic heterocycles. The number of nitro groups is 2. The zero-order valence-corrected chi connectivity index (χ0v) is 8.09. The molecule has 0 atom stereocenters. The summed E-state index contributed by atoms with van der Waals surface area (Å²) in [4.78, 5) is 18.1. The lowest BCUT2D eigenvalue weighted by Gasteiger charge is -2.07. The molecule has 0 amide bonds. The Labute approximate surface area is 94.7 Å². The smallest absolute Gasteiger partial charge is 0.258 e. The highest BCUT2D eigenvalue weighted by molar-refractivity contribution is 5.75. The summed E-state index contributed by atoms with van der Waals surface area (Å²) < 4.78 is 49.0. The van der Waals surface area contributed by atoms with Gasteiger partial charge in [-0.15, -0.1) is 0 Å². The van der Waals surface area contributed by atoms with Gasteiger partial charge in [0.2, 0.25) is 0 Å². The van der Waals surface area contributed by atoms with Crippen LogP contribution in [0.15, 0.2) is 12.1 Å². The van der Waals surface area contributed by atoms with E-state index in [0.29, 0.717) is 0 Å². The second-order valence-corrected chi connectivity index (χ2v) is 2.81. The highest BCUT2D eigenvalue weighted by Gasteiger charge is 2.31. The third-order valence-electron chi connectivity index (χ3n) is 1.83. The number of anilines is 2. The van der Waals surface area contributed by atoms with Crippen LogP contribution in [0.25, 0.3) is 0 Å². The Bertz CT molecular complexity index is 467. The van der Waals surface area contributed by atoms with Gasteiger partial charge < -0.3 is 0 Å². The fourth-order valence-electron chi connectivity index (χ4n) is 1.12. The van der Waals surface area contributed by atoms with E-state index < -0.39 is 43.3 Å². The van der Waals surface area contributed by atoms with Crippen LogP contribution >= 0.6 is 0 Å². The van der Waals surface area contributed by atoms with Gasteiger partial charge in [0.1, 0.15) is 0 Å². The first kappa shape index (κ1) is 13.4. The largest absolute Gasteiger partial charge is 0.305 e. The summed E-state index contributed by atoms with van der Waals surface area (Å²) in [6, 6.07) is -0.0285. The first-order valence-corrected chi connectivity index (χ1v) is 3.96. The highest BCUT2D eigenvalue weighted by atomic mass is 19.4. The molecule has 12 heteroatoms. The molecule has 18 heavy (non-hydrogen) atoms. The van der Waals surface area contributed by atoms with Gasteiger partial charge in [0.15, 0.2) is 11.4 Å². The molecule has 0 radical (unpaired) electrons. The second-order valence-electron chi connectivity index (χ2n) is 2.81. The second kappa shape index (κ2) is 4.68. The van der Waals surface area contributed by atoms with Crippen molar-refractivity contribution in [2.45, 2.75) is 0 Å². The normalized spacial score (nSPS) is 10.0. The summed E-state index contributed by atoms with van der Waals surface area (Å²) in [5.74, 6) is 0. The van der Waals surface area contributed by atoms with E-state index in [-0.39, 0.29) is 12.1 Å². The Hall–Kier alpha value is -2.66. The van der Waals surface area contributed by atoms with Crippen molar-refractivity contribution >= 4 is 22.7 Å². The summed E-state index contributed by atoms with van der Waals surface area (Å²) in [6.07, 6.45) is 0. The van der Waals surface area contributed by atoms with Crippen LogP contribution in [0.3, 0.4) is 0 Å². The van der Waals surface area contributed by atoms with E-state index in [1.54, 1.807) is 0 Å². The first-order chi connectivity index (χ1) is 8.25. The Morgan fingerprint density at radius 3 is 1.39 bits per heavy atom. The van der Waals surface area contributed by atoms with E-state index in [9.17, 15) is 38.2 Å². The molecule has 98 valence electrons. The van der Waals surface area contributed by atoms with Gasteiger partial charge >= 0.3 is 11.4 Å². The minimum atomic E-state index is -1.78. The number of nitro benzene ring substituents is 2. The summed E-state index contributed by atoms with van der Waals surface area (Å²) in [7, 11) is 0. The number of halogens is 4. The average molecular weight is 270 g/mol. The summed E-state index contributed by atoms with van der Waals surface area (Å²) in [5.41, 5.74) is -5.70. The summed E-state index contributed by atoms with van der Waals surface area (Å²) in [6.45, 7) is 0. The van der Waals surface area contributed by atoms with Crippen LogP contribution in [-0.4, -0.2) is 9.85 Å². The van der Waals surface area contributed by atoms with Gasteiger partial charge in [-0.1, -0.05) is 17.9 Å². The van der Waals surface area contributed by atoms with Gasteiger partial charge in [-0.25, -0.2) is 0 Å². The van der Waals surface area contributed by atoms with Crippen LogP contribution in [0.5, 0.6) is 0 Å². The van der Waals surface area contributed by atoms with Crippen LogP contribution in [-0.2, 0) is 0 Å². The van der Waals surface area contributed by atoms with Crippen molar-refractivity contribution < 1.29 is 27.8 Å². The van der Waals surface area contributed by atoms with E-state index in [1.165, 1.54) is 0 Å². The lowest BCUT2D eigenvalue weighted by molar-refractivity contribution is -0.393. The predicted molar refractivity (Wildman–Crippen MR) is 49.1 cm³/mol. The van der Waals surface area contributed by atoms with Crippen molar-refractivity contribution in [1.82, 2.24) is 0 Å². The number of hydrogen-bond acceptors (Lipinski definition) is 6. The molecule has 0 unspecified atom stereocenters. The molecule has 1 aromatic rings. The molecule has 0 fully saturated rings. The molecular weight excluding hydrogens is 268 g/mol. The van der Waals surface area contributed by atoms with Crippen molar-refractivity contribution in [2.24, 2.45) is 0 Å². The minimum absolute atomic E-state index is 0.0307. The number of benzene rings is 1. The first-order valence-electron chi connectivity index (χ1n) is 3.96. The fourth-order valence-corrected chi connectivity index (χ4v) is 1.12. The van der Waals surface area contributed by atoms with Crippen molar-refractivity contribution in [3.05, 3.63) is 32.4 Å². The van der Waals surface area contributed by atoms with Crippen molar-refractivity contribution in [1.29, 1.82) is 0 Å². The van der Waals surface area contributed by atoms with Gasteiger partial charge in [-0.05, 0) is 10.7 Å². The fraction of sp³-hybridized carbons (Fsp3) is 0. The standard InChI is InChI=1S/C6H2F4N4O4/c7-11(8)3-1-4(12(9)10)6(14(17)18)2-5(3)13(15)16/h1-2H. The zero-order chi connectivity index (χ0) is 14.0. The van der Waals surface area contributed by atoms with Crippen molar-refractivity contribution in [3.63, 3.8) is 0 Å². The van der Waals surface area contributed by atoms with E-state index in [2.05, 4.69) is 0 Å². The van der Waals surface area contributed by atoms with Crippen LogP contribution in [0.2, 0.25) is 0 Å². The number of nitrogens with zero attached hydrogens (tertiary/aromatic N) is 4. The molecule has 1 rings (SSSR count). The summed E-state index contributed by atoms with van der Waals surface area (Å²) in [5, 5.41) is 17.2. The molecule has 0 saturated heterocycles. The molecular formula is C6H2F4N4O4. The third kappa shape index (κ3) is 2.36. The van der Waals surface area contributed by atoms with E-state index in [4.69, 9.17) is 0 Å². The molecule has 0 bridgehead atoms. The Morgan fingerprint density at radius 2 is 1.17 bits per heavy atom. The predicted octanol–water partition coefficient (Wildman–Crippen LogP) is 2.65. The Balaban J connectivity index is 3.60. The van der Waals surface area contributed by atoms with E-state index >= 15 is 0 Å². The number of rotatable bonds is 4. The molecule has 0 aliphatic carbocycles. The maximum Gasteiger partial charge on any atom is 0.305 e. The van der Waals surface area contributed by atoms with Crippen LogP contribution in [0.1, 0.15) is 0 Å². The molecule has 0 aromatic heterocycles. The van der Waals surface area contributed by atoms with Crippen LogP contribution in [0, 0.1) is 20.2 Å². The SMILES string of the molecule is O=[N+]([O-])c1cc([N+](=O)[O-])c(N(F)F)cc1N(F)F. The topological polar surface area (TPSA) is 92.8 Å². The van der Waals surface area contributed by atoms with Gasteiger partial charge in [0.05, 0.1) is 15.9 Å². The molecule has 0 heterocycles. The lowest BCUT2D eigenvalue weighted by Crippen LogP contribution is -2.07. The Morgan fingerprint density at radius 1 is 0.833 bits per heavy atom. The molecule has 0 aliphatic rings. The molecule has 0 saturated carbocycles. The van der Waals surface area contributed by atoms with E-state index in [0.717, 1.165) is 0 Å². The highest BCUT2D eigenvalue weighted by Crippen LogP contribution is 2.40. The third-order valence-corrected chi connectivity index (χ3v) is 1.83. The molecule has 8 nitrogen and oxygen atoms in total. The van der Waals surface area contributed by atoms with Gasteiger partial charge in [-0.2, -0.15) is 0 Å². The molecule has 0 N–H and O–H groups in total. The maximum atomic E-state index is 12.3. The van der Waals surface area contributed by atoms with Gasteiger partial charge in [-0.3, -0.25) is 20.2 Å². The Kier molecular flexibility index (Phi) is 3.49. The average Bonchev–Trinajstić information content (AvgIpc) is 2.26. The lowest BCUT2D eigenvalue weighted by atomic mass is 10.2. The zero-order valence-electron chi connectivity index (χ0n) is 8.09. The van der Waals surface area contributed by atoms with Crippen molar-refractivity contribution in [2.75, 3.05) is 10.7 Å². The van der Waals surface area contributed by atoms with Crippen molar-refractivity contribution in [3.8, 4) is 0 Å². The van der Waals surface area contributed by atoms with Gasteiger partial charge in [0.25, 0.3) is 0 Å². The molecule has 0 spiro atoms. The monoisotopic (exact) mass is 270 g/mol. The minimum Gasteiger partial charge on any atom is -0.258 e. The molecule has 1 aromatic carbocycles. The quantitative estimate of drug-likeness (QED) is 0.361. The van der Waals surface area contributed by atoms with Crippen LogP contribution < -0.4 is 10.7 Å². The van der Waals surface area contributed by atoms with Gasteiger partial charge in [0, 0.05) is 6.07 Å². The van der Waals surface area contributed by atoms with Crippen LogP contribution in [0.4, 0.5) is 40.7 Å².